The second-order valence-electron chi connectivity index (χ2n) is 10.4. The molecule has 0 aliphatic carbocycles. The number of benzene rings is 2. The third-order valence-corrected chi connectivity index (χ3v) is 7.66. The number of nitrogens with one attached hydrogen (secondary N) is 1. The molecule has 0 bridgehead atoms. The van der Waals surface area contributed by atoms with Crippen LogP contribution in [0.1, 0.15) is 34.3 Å². The third-order valence-electron chi connectivity index (χ3n) is 7.66. The second-order valence-corrected chi connectivity index (χ2v) is 10.4. The minimum atomic E-state index is -0.659. The summed E-state index contributed by atoms with van der Waals surface area (Å²) in [7, 11) is 0. The number of pyridine rings is 3. The summed E-state index contributed by atoms with van der Waals surface area (Å²) in [6.07, 6.45) is 12.5. The topological polar surface area (TPSA) is 102 Å². The molecule has 7 rings (SSSR count). The molecule has 5 heterocycles. The van der Waals surface area contributed by atoms with Gasteiger partial charge in [-0.25, -0.2) is 14.4 Å². The first-order valence-electron chi connectivity index (χ1n) is 14.1. The van der Waals surface area contributed by atoms with E-state index in [0.29, 0.717) is 29.2 Å². The lowest BCUT2D eigenvalue weighted by atomic mass is 10.00. The number of carbonyl (C=O) groups is 1. The van der Waals surface area contributed by atoms with Gasteiger partial charge in [0.1, 0.15) is 17.2 Å². The highest BCUT2D eigenvalue weighted by molar-refractivity contribution is 6.12. The first-order chi connectivity index (χ1) is 21.2. The van der Waals surface area contributed by atoms with Gasteiger partial charge < -0.3 is 5.32 Å². The lowest BCUT2D eigenvalue weighted by molar-refractivity contribution is 0.0968. The largest absolute Gasteiger partial charge is 0.315 e. The first kappa shape index (κ1) is 26.5. The maximum Gasteiger partial charge on any atom is 0.262 e. The molecule has 1 aliphatic rings. The molecule has 0 unspecified atom stereocenters. The summed E-state index contributed by atoms with van der Waals surface area (Å²) in [6, 6.07) is 19.5. The van der Waals surface area contributed by atoms with E-state index in [2.05, 4.69) is 25.6 Å². The molecule has 2 aromatic carbocycles. The predicted molar refractivity (Wildman–Crippen MR) is 164 cm³/mol. The molecule has 1 N–H and O–H groups in total. The Morgan fingerprint density at radius 1 is 1.00 bits per heavy atom. The van der Waals surface area contributed by atoms with Gasteiger partial charge in [0.15, 0.2) is 5.65 Å². The van der Waals surface area contributed by atoms with Gasteiger partial charge in [-0.1, -0.05) is 41.6 Å². The van der Waals surface area contributed by atoms with Crippen molar-refractivity contribution in [1.82, 2.24) is 35.3 Å². The van der Waals surface area contributed by atoms with Gasteiger partial charge in [0.2, 0.25) is 0 Å². The number of amides is 1. The van der Waals surface area contributed by atoms with Crippen molar-refractivity contribution < 1.29 is 9.18 Å². The molecule has 1 fully saturated rings. The van der Waals surface area contributed by atoms with Gasteiger partial charge in [0.05, 0.1) is 17.3 Å². The molecular weight excluding hydrogens is 543 g/mol. The van der Waals surface area contributed by atoms with Crippen LogP contribution < -0.4 is 10.2 Å². The number of fused-ring (bicyclic) bond motifs is 2. The summed E-state index contributed by atoms with van der Waals surface area (Å²) in [6.45, 7) is 1.44. The van der Waals surface area contributed by atoms with Crippen LogP contribution in [0, 0.1) is 5.82 Å². The molecule has 43 heavy (non-hydrogen) atoms. The Morgan fingerprint density at radius 2 is 1.93 bits per heavy atom. The van der Waals surface area contributed by atoms with Gasteiger partial charge in [-0.05, 0) is 72.3 Å². The number of hydrogen-bond donors (Lipinski definition) is 1. The molecule has 1 saturated heterocycles. The number of rotatable bonds is 6. The van der Waals surface area contributed by atoms with Gasteiger partial charge in [-0.3, -0.25) is 14.7 Å². The van der Waals surface area contributed by atoms with Crippen molar-refractivity contribution >= 4 is 45.8 Å². The van der Waals surface area contributed by atoms with Crippen molar-refractivity contribution in [1.29, 1.82) is 0 Å². The molecular formula is C33H27FN8O. The molecule has 10 heteroatoms. The predicted octanol–water partition coefficient (Wildman–Crippen LogP) is 5.47. The Labute approximate surface area is 246 Å². The van der Waals surface area contributed by atoms with Crippen LogP contribution in [0.2, 0.25) is 0 Å². The smallest absolute Gasteiger partial charge is 0.262 e. The highest BCUT2D eigenvalue weighted by Crippen LogP contribution is 2.33. The van der Waals surface area contributed by atoms with Crippen molar-refractivity contribution in [2.45, 2.75) is 18.9 Å². The third kappa shape index (κ3) is 5.13. The second kappa shape index (κ2) is 11.5. The number of carbonyl (C=O) groups excluding carboxylic acids is 1. The Morgan fingerprint density at radius 3 is 2.77 bits per heavy atom. The first-order valence-corrected chi connectivity index (χ1v) is 14.1. The lowest BCUT2D eigenvalue weighted by Gasteiger charge is -2.35. The fourth-order valence-corrected chi connectivity index (χ4v) is 5.59. The molecule has 212 valence electrons. The summed E-state index contributed by atoms with van der Waals surface area (Å²) >= 11 is 0. The Bertz CT molecular complexity index is 1960. The Balaban J connectivity index is 1.32. The van der Waals surface area contributed by atoms with E-state index in [9.17, 15) is 4.79 Å². The van der Waals surface area contributed by atoms with Crippen LogP contribution in [0.5, 0.6) is 0 Å². The normalized spacial score (nSPS) is 15.3. The summed E-state index contributed by atoms with van der Waals surface area (Å²) in [4.78, 5) is 29.3. The van der Waals surface area contributed by atoms with Crippen LogP contribution in [0.15, 0.2) is 91.5 Å². The average Bonchev–Trinajstić information content (AvgIpc) is 3.49. The zero-order valence-electron chi connectivity index (χ0n) is 23.1. The summed E-state index contributed by atoms with van der Waals surface area (Å²) in [5, 5.41) is 13.4. The Hall–Kier alpha value is -5.35. The highest BCUT2D eigenvalue weighted by atomic mass is 19.1. The summed E-state index contributed by atoms with van der Waals surface area (Å²) in [5.41, 5.74) is 3.32. The minimum Gasteiger partial charge on any atom is -0.315 e. The van der Waals surface area contributed by atoms with Crippen LogP contribution in [0.3, 0.4) is 0 Å². The van der Waals surface area contributed by atoms with E-state index in [0.717, 1.165) is 41.3 Å². The van der Waals surface area contributed by atoms with Gasteiger partial charge in [-0.15, -0.1) is 5.10 Å². The van der Waals surface area contributed by atoms with E-state index < -0.39 is 11.7 Å². The maximum absolute atomic E-state index is 15.9. The van der Waals surface area contributed by atoms with Crippen LogP contribution in [0.25, 0.3) is 39.8 Å². The molecule has 1 aliphatic heterocycles. The number of piperidine rings is 1. The van der Waals surface area contributed by atoms with Gasteiger partial charge >= 0.3 is 0 Å². The van der Waals surface area contributed by atoms with Crippen molar-refractivity contribution in [2.75, 3.05) is 18.0 Å². The molecule has 6 aromatic rings. The molecule has 4 aromatic heterocycles. The van der Waals surface area contributed by atoms with Crippen molar-refractivity contribution in [3.05, 3.63) is 114 Å². The van der Waals surface area contributed by atoms with Crippen molar-refractivity contribution in [3.63, 3.8) is 0 Å². The molecule has 0 radical (unpaired) electrons. The average molecular weight is 571 g/mol. The molecule has 0 spiro atoms. The quantitative estimate of drug-likeness (QED) is 0.284. The fraction of sp³-hybridized carbons (Fsp3) is 0.152. The van der Waals surface area contributed by atoms with Gasteiger partial charge in [0.25, 0.3) is 5.91 Å². The molecule has 9 nitrogen and oxygen atoms in total. The lowest BCUT2D eigenvalue weighted by Crippen LogP contribution is -2.49. The van der Waals surface area contributed by atoms with Crippen molar-refractivity contribution in [3.8, 4) is 5.69 Å². The van der Waals surface area contributed by atoms with Crippen LogP contribution in [-0.4, -0.2) is 55.0 Å². The summed E-state index contributed by atoms with van der Waals surface area (Å²) < 4.78 is 17.3. The van der Waals surface area contributed by atoms with E-state index in [4.69, 9.17) is 4.98 Å². The van der Waals surface area contributed by atoms with Crippen LogP contribution >= 0.6 is 0 Å². The highest BCUT2D eigenvalue weighted by Gasteiger charge is 2.32. The van der Waals surface area contributed by atoms with E-state index in [1.807, 2.05) is 48.6 Å². The zero-order chi connectivity index (χ0) is 29.2. The number of hydrogen-bond acceptors (Lipinski definition) is 7. The number of halogens is 1. The number of nitrogens with zero attached hydrogens (tertiary/aromatic N) is 7. The minimum absolute atomic E-state index is 0.0473. The van der Waals surface area contributed by atoms with Crippen molar-refractivity contribution in [2.24, 2.45) is 0 Å². The van der Waals surface area contributed by atoms with E-state index >= 15 is 4.39 Å². The van der Waals surface area contributed by atoms with Crippen LogP contribution in [-0.2, 0) is 0 Å². The molecule has 1 atom stereocenters. The van der Waals surface area contributed by atoms with E-state index in [-0.39, 0.29) is 11.6 Å². The molecule has 0 saturated carbocycles. The zero-order valence-corrected chi connectivity index (χ0v) is 23.1. The number of aromatic nitrogens is 6. The van der Waals surface area contributed by atoms with Gasteiger partial charge in [0, 0.05) is 42.8 Å². The van der Waals surface area contributed by atoms with Crippen LogP contribution in [0.4, 0.5) is 10.2 Å². The Kier molecular flexibility index (Phi) is 7.10. The van der Waals surface area contributed by atoms with E-state index in [1.165, 1.54) is 16.8 Å². The maximum atomic E-state index is 15.9. The molecule has 1 amide bonds. The monoisotopic (exact) mass is 570 g/mol. The number of anilines is 1. The van der Waals surface area contributed by atoms with E-state index in [1.54, 1.807) is 47.9 Å². The SMILES string of the molecule is O=C(c1ccc(-n2nnc3cccnc32)cc1F)N(c1nccc2cccc(C=Cc3cccnc3)c12)[C@@H]1CCCNC1. The van der Waals surface area contributed by atoms with Gasteiger partial charge in [-0.2, -0.15) is 4.68 Å². The standard InChI is InChI=1S/C33H27FN8O/c34-28-19-25(42-31-29(39-40-42)9-4-17-37-31)12-13-27(28)33(43)41(26-8-3-16-36-21-26)32-30-23(6-1-7-24(30)14-18-38-32)11-10-22-5-2-15-35-20-22/h1-2,4-7,9-15,17-20,26,36H,3,8,16,21H2/t26-/m1/s1. The summed E-state index contributed by atoms with van der Waals surface area (Å²) in [5.74, 6) is -0.615. The fourth-order valence-electron chi connectivity index (χ4n) is 5.59.